The highest BCUT2D eigenvalue weighted by Crippen LogP contribution is 2.28. The van der Waals surface area contributed by atoms with Gasteiger partial charge in [-0.15, -0.1) is 0 Å². The average Bonchev–Trinajstić information content (AvgIpc) is 3.29. The van der Waals surface area contributed by atoms with Crippen LogP contribution in [-0.2, 0) is 16.0 Å². The summed E-state index contributed by atoms with van der Waals surface area (Å²) in [5.74, 6) is 1.85. The molecule has 1 unspecified atom stereocenters. The highest BCUT2D eigenvalue weighted by atomic mass is 32.2. The number of amidine groups is 1. The molecule has 2 amide bonds. The molecule has 1 saturated heterocycles. The summed E-state index contributed by atoms with van der Waals surface area (Å²) in [6.07, 6.45) is 0.957. The van der Waals surface area contributed by atoms with Gasteiger partial charge in [0.25, 0.3) is 0 Å². The van der Waals surface area contributed by atoms with Gasteiger partial charge in [-0.2, -0.15) is 0 Å². The number of aliphatic imine (C=N–C) groups is 1. The molecule has 7 nitrogen and oxygen atoms in total. The van der Waals surface area contributed by atoms with E-state index in [9.17, 15) is 9.59 Å². The number of likely N-dealkylation sites (tertiary alicyclic amines) is 1. The average molecular weight is 377 g/mol. The molecule has 0 spiro atoms. The molecule has 3 rings (SSSR count). The third-order valence-corrected chi connectivity index (χ3v) is 5.41. The summed E-state index contributed by atoms with van der Waals surface area (Å²) >= 11 is 1.54. The normalized spacial score (nSPS) is 19.5. The fourth-order valence-corrected chi connectivity index (χ4v) is 3.81. The summed E-state index contributed by atoms with van der Waals surface area (Å²) in [5, 5.41) is 3.50. The Kier molecular flexibility index (Phi) is 6.03. The maximum absolute atomic E-state index is 12.3. The number of carbonyl (C=O) groups is 2. The van der Waals surface area contributed by atoms with Crippen molar-refractivity contribution in [2.75, 3.05) is 39.6 Å². The lowest BCUT2D eigenvalue weighted by atomic mass is 10.1. The minimum Gasteiger partial charge on any atom is -0.493 e. The molecule has 26 heavy (non-hydrogen) atoms. The summed E-state index contributed by atoms with van der Waals surface area (Å²) in [7, 11) is 3.20. The molecule has 2 aliphatic heterocycles. The number of benzene rings is 1. The number of hydrogen-bond donors (Lipinski definition) is 1. The summed E-state index contributed by atoms with van der Waals surface area (Å²) < 4.78 is 10.5. The summed E-state index contributed by atoms with van der Waals surface area (Å²) in [4.78, 5) is 30.5. The second-order valence-corrected chi connectivity index (χ2v) is 7.29. The minimum atomic E-state index is -0.309. The van der Waals surface area contributed by atoms with Crippen molar-refractivity contribution in [2.45, 2.75) is 12.8 Å². The Morgan fingerprint density at radius 1 is 1.35 bits per heavy atom. The van der Waals surface area contributed by atoms with Crippen molar-refractivity contribution >= 4 is 28.7 Å². The molecule has 1 aromatic rings. The van der Waals surface area contributed by atoms with E-state index in [1.807, 2.05) is 18.2 Å². The van der Waals surface area contributed by atoms with Crippen LogP contribution in [0.1, 0.15) is 12.0 Å². The molecule has 8 heteroatoms. The quantitative estimate of drug-likeness (QED) is 0.809. The summed E-state index contributed by atoms with van der Waals surface area (Å²) in [6.45, 7) is 1.77. The maximum atomic E-state index is 12.3. The molecular formula is C18H23N3O4S. The zero-order chi connectivity index (χ0) is 18.5. The van der Waals surface area contributed by atoms with Gasteiger partial charge in [-0.05, 0) is 24.1 Å². The molecule has 0 aromatic heterocycles. The number of rotatable bonds is 6. The van der Waals surface area contributed by atoms with Crippen molar-refractivity contribution in [1.82, 2.24) is 10.2 Å². The molecular weight excluding hydrogens is 354 g/mol. The highest BCUT2D eigenvalue weighted by molar-refractivity contribution is 8.14. The second kappa shape index (κ2) is 8.44. The Hall–Kier alpha value is -2.22. The van der Waals surface area contributed by atoms with E-state index in [0.29, 0.717) is 36.2 Å². The molecule has 1 fully saturated rings. The van der Waals surface area contributed by atoms with Crippen LogP contribution >= 0.6 is 11.8 Å². The largest absolute Gasteiger partial charge is 0.493 e. The van der Waals surface area contributed by atoms with Gasteiger partial charge in [0.15, 0.2) is 16.7 Å². The Morgan fingerprint density at radius 2 is 2.15 bits per heavy atom. The van der Waals surface area contributed by atoms with Crippen LogP contribution in [0.3, 0.4) is 0 Å². The molecule has 1 aromatic carbocycles. The van der Waals surface area contributed by atoms with Gasteiger partial charge in [0, 0.05) is 25.3 Å². The molecule has 0 bridgehead atoms. The van der Waals surface area contributed by atoms with Crippen molar-refractivity contribution in [3.8, 4) is 11.5 Å². The molecule has 0 saturated carbocycles. The fraction of sp³-hybridized carbons (Fsp3) is 0.500. The van der Waals surface area contributed by atoms with E-state index < -0.39 is 0 Å². The first-order valence-corrected chi connectivity index (χ1v) is 9.56. The van der Waals surface area contributed by atoms with Crippen LogP contribution in [0.5, 0.6) is 11.5 Å². The highest BCUT2D eigenvalue weighted by Gasteiger charge is 2.34. The lowest BCUT2D eigenvalue weighted by Gasteiger charge is -2.17. The Morgan fingerprint density at radius 3 is 2.85 bits per heavy atom. The van der Waals surface area contributed by atoms with E-state index in [0.717, 1.165) is 17.9 Å². The topological polar surface area (TPSA) is 80.2 Å². The van der Waals surface area contributed by atoms with E-state index in [1.165, 1.54) is 0 Å². The predicted octanol–water partition coefficient (Wildman–Crippen LogP) is 1.31. The van der Waals surface area contributed by atoms with Crippen LogP contribution in [0, 0.1) is 5.92 Å². The van der Waals surface area contributed by atoms with Crippen LogP contribution in [0.25, 0.3) is 0 Å². The fourth-order valence-electron chi connectivity index (χ4n) is 3.08. The van der Waals surface area contributed by atoms with Crippen LogP contribution < -0.4 is 14.8 Å². The lowest BCUT2D eigenvalue weighted by Crippen LogP contribution is -2.35. The lowest BCUT2D eigenvalue weighted by molar-refractivity contribution is -0.128. The van der Waals surface area contributed by atoms with Gasteiger partial charge < -0.3 is 19.7 Å². The predicted molar refractivity (Wildman–Crippen MR) is 101 cm³/mol. The van der Waals surface area contributed by atoms with Crippen molar-refractivity contribution in [3.63, 3.8) is 0 Å². The third kappa shape index (κ3) is 4.30. The Bertz CT molecular complexity index is 722. The van der Waals surface area contributed by atoms with E-state index in [-0.39, 0.29) is 24.2 Å². The zero-order valence-corrected chi connectivity index (χ0v) is 15.8. The standard InChI is InChI=1S/C18H23N3O4S/c1-24-14-4-3-12(9-15(14)25-2)5-7-21-11-13(10-16(21)22)17(23)20-18-19-6-8-26-18/h3-4,9,13H,5-8,10-11H2,1-2H3,(H,19,20,23). The minimum absolute atomic E-state index is 0.0200. The molecule has 0 aliphatic carbocycles. The molecule has 1 atom stereocenters. The number of nitrogens with one attached hydrogen (secondary N) is 1. The number of ether oxygens (including phenoxy) is 2. The van der Waals surface area contributed by atoms with E-state index in [1.54, 1.807) is 30.9 Å². The van der Waals surface area contributed by atoms with E-state index in [4.69, 9.17) is 9.47 Å². The van der Waals surface area contributed by atoms with Gasteiger partial charge in [-0.25, -0.2) is 0 Å². The third-order valence-electron chi connectivity index (χ3n) is 4.52. The first-order chi connectivity index (χ1) is 12.6. The van der Waals surface area contributed by atoms with Crippen LogP contribution in [-0.4, -0.2) is 61.5 Å². The molecule has 1 N–H and O–H groups in total. The molecule has 2 heterocycles. The van der Waals surface area contributed by atoms with Crippen molar-refractivity contribution in [2.24, 2.45) is 10.9 Å². The van der Waals surface area contributed by atoms with Crippen LogP contribution in [0.15, 0.2) is 23.2 Å². The number of thioether (sulfide) groups is 1. The summed E-state index contributed by atoms with van der Waals surface area (Å²) in [5.41, 5.74) is 1.06. The number of carbonyl (C=O) groups excluding carboxylic acids is 2. The van der Waals surface area contributed by atoms with Crippen molar-refractivity contribution in [3.05, 3.63) is 23.8 Å². The van der Waals surface area contributed by atoms with Crippen LogP contribution in [0.4, 0.5) is 0 Å². The maximum Gasteiger partial charge on any atom is 0.231 e. The van der Waals surface area contributed by atoms with Crippen molar-refractivity contribution < 1.29 is 19.1 Å². The first kappa shape index (κ1) is 18.6. The van der Waals surface area contributed by atoms with Gasteiger partial charge in [0.2, 0.25) is 11.8 Å². The monoisotopic (exact) mass is 377 g/mol. The van der Waals surface area contributed by atoms with Gasteiger partial charge in [-0.1, -0.05) is 17.8 Å². The second-order valence-electron chi connectivity index (χ2n) is 6.20. The van der Waals surface area contributed by atoms with E-state index >= 15 is 0 Å². The van der Waals surface area contributed by atoms with Gasteiger partial charge in [-0.3, -0.25) is 14.6 Å². The Labute approximate surface area is 157 Å². The number of nitrogens with zero attached hydrogens (tertiary/aromatic N) is 2. The number of methoxy groups -OCH3 is 2. The van der Waals surface area contributed by atoms with Gasteiger partial charge in [0.05, 0.1) is 26.7 Å². The first-order valence-electron chi connectivity index (χ1n) is 8.57. The van der Waals surface area contributed by atoms with Crippen LogP contribution in [0.2, 0.25) is 0 Å². The van der Waals surface area contributed by atoms with Crippen molar-refractivity contribution in [1.29, 1.82) is 0 Å². The molecule has 140 valence electrons. The molecule has 0 radical (unpaired) electrons. The number of hydrogen-bond acceptors (Lipinski definition) is 6. The van der Waals surface area contributed by atoms with Gasteiger partial charge in [0.1, 0.15) is 0 Å². The smallest absolute Gasteiger partial charge is 0.231 e. The van der Waals surface area contributed by atoms with E-state index in [2.05, 4.69) is 10.3 Å². The summed E-state index contributed by atoms with van der Waals surface area (Å²) in [6, 6.07) is 5.73. The Balaban J connectivity index is 1.54. The zero-order valence-electron chi connectivity index (χ0n) is 15.0. The van der Waals surface area contributed by atoms with Gasteiger partial charge >= 0.3 is 0 Å². The number of amides is 2. The molecule has 2 aliphatic rings. The SMILES string of the molecule is COc1ccc(CCN2CC(C(=O)NC3=NCCS3)CC2=O)cc1OC.